The van der Waals surface area contributed by atoms with Crippen LogP contribution in [-0.4, -0.2) is 44.7 Å². The summed E-state index contributed by atoms with van der Waals surface area (Å²) in [5, 5.41) is 12.3. The van der Waals surface area contributed by atoms with Gasteiger partial charge in [0.2, 0.25) is 5.91 Å². The summed E-state index contributed by atoms with van der Waals surface area (Å²) in [6.45, 7) is 1.73. The van der Waals surface area contributed by atoms with E-state index in [4.69, 9.17) is 4.74 Å². The zero-order valence-corrected chi connectivity index (χ0v) is 17.0. The Morgan fingerprint density at radius 1 is 1.18 bits per heavy atom. The number of amides is 1. The number of benzene rings is 1. The van der Waals surface area contributed by atoms with E-state index < -0.39 is 0 Å². The summed E-state index contributed by atoms with van der Waals surface area (Å²) in [6.07, 6.45) is 2.69. The van der Waals surface area contributed by atoms with Crippen molar-refractivity contribution in [1.82, 2.24) is 24.6 Å². The third kappa shape index (κ3) is 5.46. The molecule has 3 rings (SSSR count). The van der Waals surface area contributed by atoms with Gasteiger partial charge in [-0.1, -0.05) is 42.1 Å². The van der Waals surface area contributed by atoms with Crippen LogP contribution in [0.1, 0.15) is 17.1 Å². The van der Waals surface area contributed by atoms with Gasteiger partial charge in [-0.05, 0) is 17.7 Å². The van der Waals surface area contributed by atoms with Gasteiger partial charge in [0, 0.05) is 45.6 Å². The van der Waals surface area contributed by atoms with Gasteiger partial charge in [0.25, 0.3) is 0 Å². The normalized spacial score (nSPS) is 10.9. The zero-order chi connectivity index (χ0) is 19.8. The molecule has 0 aliphatic heterocycles. The molecule has 0 radical (unpaired) electrons. The molecule has 7 nitrogen and oxygen atoms in total. The summed E-state index contributed by atoms with van der Waals surface area (Å²) in [5.74, 6) is 1.13. The SMILES string of the molecule is COCCn1c(Cc2cccn2C)nnc1SCC(=O)NCc1ccccc1. The first-order valence-corrected chi connectivity index (χ1v) is 10.1. The Morgan fingerprint density at radius 3 is 2.71 bits per heavy atom. The standard InChI is InChI=1S/C20H25N5O2S/c1-24-10-6-9-17(24)13-18-22-23-20(25(18)11-12-27-2)28-15-19(26)21-14-16-7-4-3-5-8-16/h3-10H,11-15H2,1-2H3,(H,21,26). The first kappa shape index (κ1) is 20.2. The maximum Gasteiger partial charge on any atom is 0.230 e. The number of aryl methyl sites for hydroxylation is 1. The molecule has 3 aromatic rings. The van der Waals surface area contributed by atoms with Gasteiger partial charge in [0.1, 0.15) is 5.82 Å². The number of rotatable bonds is 10. The number of hydrogen-bond donors (Lipinski definition) is 1. The van der Waals surface area contributed by atoms with Gasteiger partial charge < -0.3 is 19.2 Å². The van der Waals surface area contributed by atoms with E-state index in [1.54, 1.807) is 7.11 Å². The molecule has 0 bridgehead atoms. The van der Waals surface area contributed by atoms with Crippen LogP contribution >= 0.6 is 11.8 Å². The lowest BCUT2D eigenvalue weighted by Gasteiger charge is -2.10. The predicted molar refractivity (Wildman–Crippen MR) is 109 cm³/mol. The van der Waals surface area contributed by atoms with Gasteiger partial charge in [0.05, 0.1) is 12.4 Å². The largest absolute Gasteiger partial charge is 0.383 e. The Hall–Kier alpha value is -2.58. The second-order valence-electron chi connectivity index (χ2n) is 6.38. The van der Waals surface area contributed by atoms with Gasteiger partial charge in [-0.2, -0.15) is 0 Å². The molecule has 1 amide bonds. The van der Waals surface area contributed by atoms with Gasteiger partial charge in [-0.3, -0.25) is 4.79 Å². The van der Waals surface area contributed by atoms with Crippen LogP contribution in [-0.2, 0) is 36.1 Å². The number of methoxy groups -OCH3 is 1. The van der Waals surface area contributed by atoms with Crippen LogP contribution in [0, 0.1) is 0 Å². The van der Waals surface area contributed by atoms with Gasteiger partial charge >= 0.3 is 0 Å². The van der Waals surface area contributed by atoms with E-state index in [9.17, 15) is 4.79 Å². The fraction of sp³-hybridized carbons (Fsp3) is 0.350. The van der Waals surface area contributed by atoms with E-state index in [2.05, 4.69) is 26.1 Å². The number of nitrogens with one attached hydrogen (secondary N) is 1. The molecule has 148 valence electrons. The average molecular weight is 400 g/mol. The van der Waals surface area contributed by atoms with E-state index in [0.29, 0.717) is 31.9 Å². The fourth-order valence-corrected chi connectivity index (χ4v) is 3.60. The van der Waals surface area contributed by atoms with Crippen LogP contribution in [0.3, 0.4) is 0 Å². The second kappa shape index (κ2) is 10.1. The lowest BCUT2D eigenvalue weighted by molar-refractivity contribution is -0.118. The van der Waals surface area contributed by atoms with E-state index in [1.165, 1.54) is 11.8 Å². The molecule has 0 saturated carbocycles. The smallest absolute Gasteiger partial charge is 0.230 e. The van der Waals surface area contributed by atoms with Crippen LogP contribution in [0.5, 0.6) is 0 Å². The summed E-state index contributed by atoms with van der Waals surface area (Å²) in [5.41, 5.74) is 2.23. The molecule has 0 spiro atoms. The number of nitrogens with zero attached hydrogens (tertiary/aromatic N) is 4. The van der Waals surface area contributed by atoms with Gasteiger partial charge in [0.15, 0.2) is 5.16 Å². The molecule has 8 heteroatoms. The number of carbonyl (C=O) groups is 1. The van der Waals surface area contributed by atoms with Crippen LogP contribution in [0.25, 0.3) is 0 Å². The maximum atomic E-state index is 12.2. The minimum atomic E-state index is -0.0286. The highest BCUT2D eigenvalue weighted by molar-refractivity contribution is 7.99. The van der Waals surface area contributed by atoms with Crippen molar-refractivity contribution >= 4 is 17.7 Å². The monoisotopic (exact) mass is 399 g/mol. The molecule has 28 heavy (non-hydrogen) atoms. The number of hydrogen-bond acceptors (Lipinski definition) is 5. The lowest BCUT2D eigenvalue weighted by Crippen LogP contribution is -2.24. The van der Waals surface area contributed by atoms with E-state index in [1.807, 2.05) is 54.2 Å². The van der Waals surface area contributed by atoms with Crippen molar-refractivity contribution < 1.29 is 9.53 Å². The fourth-order valence-electron chi connectivity index (χ4n) is 2.78. The molecule has 1 aromatic carbocycles. The molecule has 0 aliphatic rings. The molecule has 0 aliphatic carbocycles. The molecule has 0 unspecified atom stereocenters. The van der Waals surface area contributed by atoms with Crippen molar-refractivity contribution in [3.63, 3.8) is 0 Å². The molecule has 1 N–H and O–H groups in total. The third-order valence-electron chi connectivity index (χ3n) is 4.37. The predicted octanol–water partition coefficient (Wildman–Crippen LogP) is 2.26. The van der Waals surface area contributed by atoms with Crippen molar-refractivity contribution in [1.29, 1.82) is 0 Å². The van der Waals surface area contributed by atoms with Gasteiger partial charge in [-0.15, -0.1) is 10.2 Å². The highest BCUT2D eigenvalue weighted by atomic mass is 32.2. The Morgan fingerprint density at radius 2 is 2.00 bits per heavy atom. The van der Waals surface area contributed by atoms with Crippen molar-refractivity contribution in [2.75, 3.05) is 19.5 Å². The van der Waals surface area contributed by atoms with E-state index in [0.717, 1.165) is 22.2 Å². The number of aromatic nitrogens is 4. The number of thioether (sulfide) groups is 1. The number of ether oxygens (including phenoxy) is 1. The minimum absolute atomic E-state index is 0.0286. The summed E-state index contributed by atoms with van der Waals surface area (Å²) >= 11 is 1.39. The highest BCUT2D eigenvalue weighted by Gasteiger charge is 2.15. The number of carbonyl (C=O) groups excluding carboxylic acids is 1. The average Bonchev–Trinajstić information content (AvgIpc) is 3.30. The highest BCUT2D eigenvalue weighted by Crippen LogP contribution is 2.19. The van der Waals surface area contributed by atoms with Crippen LogP contribution < -0.4 is 5.32 Å². The molecule has 2 aromatic heterocycles. The molecule has 2 heterocycles. The van der Waals surface area contributed by atoms with Crippen LogP contribution in [0.2, 0.25) is 0 Å². The van der Waals surface area contributed by atoms with Crippen molar-refractivity contribution in [3.8, 4) is 0 Å². The van der Waals surface area contributed by atoms with Crippen molar-refractivity contribution in [3.05, 3.63) is 65.7 Å². The van der Waals surface area contributed by atoms with Crippen molar-refractivity contribution in [2.24, 2.45) is 7.05 Å². The Labute approximate surface area is 169 Å². The Kier molecular flexibility index (Phi) is 7.27. The minimum Gasteiger partial charge on any atom is -0.383 e. The van der Waals surface area contributed by atoms with Crippen LogP contribution in [0.4, 0.5) is 0 Å². The lowest BCUT2D eigenvalue weighted by atomic mass is 10.2. The third-order valence-corrected chi connectivity index (χ3v) is 5.33. The quantitative estimate of drug-likeness (QED) is 0.530. The topological polar surface area (TPSA) is 74.0 Å². The van der Waals surface area contributed by atoms with Crippen molar-refractivity contribution in [2.45, 2.75) is 24.7 Å². The molecule has 0 atom stereocenters. The summed E-state index contributed by atoms with van der Waals surface area (Å²) < 4.78 is 9.33. The zero-order valence-electron chi connectivity index (χ0n) is 16.2. The molecular weight excluding hydrogens is 374 g/mol. The van der Waals surface area contributed by atoms with Crippen LogP contribution in [0.15, 0.2) is 53.8 Å². The summed E-state index contributed by atoms with van der Waals surface area (Å²) in [7, 11) is 3.68. The van der Waals surface area contributed by atoms with E-state index in [-0.39, 0.29) is 5.91 Å². The molecular formula is C20H25N5O2S. The maximum absolute atomic E-state index is 12.2. The summed E-state index contributed by atoms with van der Waals surface area (Å²) in [4.78, 5) is 12.2. The second-order valence-corrected chi connectivity index (χ2v) is 7.32. The molecule has 0 saturated heterocycles. The summed E-state index contributed by atoms with van der Waals surface area (Å²) in [6, 6.07) is 13.9. The molecule has 0 fully saturated rings. The Balaban J connectivity index is 1.60. The van der Waals surface area contributed by atoms with Gasteiger partial charge in [-0.25, -0.2) is 0 Å². The first-order valence-electron chi connectivity index (χ1n) is 9.12. The van der Waals surface area contributed by atoms with E-state index >= 15 is 0 Å². The Bertz CT molecular complexity index is 891. The first-order chi connectivity index (χ1) is 13.7.